The third-order valence-corrected chi connectivity index (χ3v) is 3.22. The lowest BCUT2D eigenvalue weighted by Gasteiger charge is -2.08. The molecule has 0 fully saturated rings. The Kier molecular flexibility index (Phi) is 5.41. The van der Waals surface area contributed by atoms with E-state index in [1.54, 1.807) is 18.2 Å². The molecule has 20 heavy (non-hydrogen) atoms. The van der Waals surface area contributed by atoms with Crippen LogP contribution in [-0.2, 0) is 11.3 Å². The largest absolute Gasteiger partial charge is 0.324 e. The predicted octanol–water partition coefficient (Wildman–Crippen LogP) is 3.72. The molecule has 2 aromatic rings. The van der Waals surface area contributed by atoms with Crippen molar-refractivity contribution in [2.75, 3.05) is 11.9 Å². The van der Waals surface area contributed by atoms with Gasteiger partial charge in [-0.15, -0.1) is 0 Å². The zero-order chi connectivity index (χ0) is 14.4. The standard InChI is InChI=1S/C15H14Cl2N2O/c16-12-6-7-13(17)14(8-12)19-15(20)10-18-9-11-4-2-1-3-5-11/h1-8,18H,9-10H2,(H,19,20). The third-order valence-electron chi connectivity index (χ3n) is 2.66. The molecule has 0 aliphatic heterocycles. The summed E-state index contributed by atoms with van der Waals surface area (Å²) in [5, 5.41) is 6.78. The van der Waals surface area contributed by atoms with Gasteiger partial charge in [-0.2, -0.15) is 0 Å². The van der Waals surface area contributed by atoms with E-state index in [0.29, 0.717) is 22.3 Å². The summed E-state index contributed by atoms with van der Waals surface area (Å²) in [6, 6.07) is 14.8. The molecule has 3 nitrogen and oxygen atoms in total. The molecule has 0 saturated heterocycles. The normalized spacial score (nSPS) is 10.3. The Hall–Kier alpha value is -1.55. The number of amides is 1. The summed E-state index contributed by atoms with van der Waals surface area (Å²) in [4.78, 5) is 11.8. The number of carbonyl (C=O) groups is 1. The van der Waals surface area contributed by atoms with E-state index in [1.165, 1.54) is 0 Å². The van der Waals surface area contributed by atoms with E-state index in [2.05, 4.69) is 10.6 Å². The Morgan fingerprint density at radius 3 is 2.55 bits per heavy atom. The fraction of sp³-hybridized carbons (Fsp3) is 0.133. The molecule has 2 aromatic carbocycles. The van der Waals surface area contributed by atoms with Crippen molar-refractivity contribution in [2.45, 2.75) is 6.54 Å². The monoisotopic (exact) mass is 308 g/mol. The molecule has 0 aliphatic rings. The topological polar surface area (TPSA) is 41.1 Å². The average molecular weight is 309 g/mol. The molecule has 0 spiro atoms. The van der Waals surface area contributed by atoms with Crippen molar-refractivity contribution >= 4 is 34.8 Å². The molecular weight excluding hydrogens is 295 g/mol. The van der Waals surface area contributed by atoms with Gasteiger partial charge < -0.3 is 10.6 Å². The fourth-order valence-electron chi connectivity index (χ4n) is 1.70. The van der Waals surface area contributed by atoms with Crippen molar-refractivity contribution < 1.29 is 4.79 Å². The fourth-order valence-corrected chi connectivity index (χ4v) is 2.04. The molecule has 0 unspecified atom stereocenters. The highest BCUT2D eigenvalue weighted by molar-refractivity contribution is 6.35. The van der Waals surface area contributed by atoms with Gasteiger partial charge >= 0.3 is 0 Å². The summed E-state index contributed by atoms with van der Waals surface area (Å²) >= 11 is 11.8. The lowest BCUT2D eigenvalue weighted by atomic mass is 10.2. The van der Waals surface area contributed by atoms with Gasteiger partial charge in [0.25, 0.3) is 0 Å². The maximum atomic E-state index is 11.8. The van der Waals surface area contributed by atoms with Crippen molar-refractivity contribution in [2.24, 2.45) is 0 Å². The van der Waals surface area contributed by atoms with Crippen LogP contribution in [0.2, 0.25) is 10.0 Å². The molecule has 0 saturated carbocycles. The summed E-state index contributed by atoms with van der Waals surface area (Å²) in [7, 11) is 0. The van der Waals surface area contributed by atoms with Gasteiger partial charge in [-0.05, 0) is 23.8 Å². The maximum Gasteiger partial charge on any atom is 0.238 e. The van der Waals surface area contributed by atoms with E-state index < -0.39 is 0 Å². The minimum Gasteiger partial charge on any atom is -0.324 e. The van der Waals surface area contributed by atoms with E-state index in [1.807, 2.05) is 30.3 Å². The number of nitrogens with one attached hydrogen (secondary N) is 2. The summed E-state index contributed by atoms with van der Waals surface area (Å²) in [6.07, 6.45) is 0. The minimum atomic E-state index is -0.162. The molecule has 0 bridgehead atoms. The first-order valence-corrected chi connectivity index (χ1v) is 6.90. The van der Waals surface area contributed by atoms with Gasteiger partial charge in [-0.1, -0.05) is 53.5 Å². The van der Waals surface area contributed by atoms with E-state index in [4.69, 9.17) is 23.2 Å². The predicted molar refractivity (Wildman–Crippen MR) is 83.2 cm³/mol. The molecule has 2 rings (SSSR count). The Balaban J connectivity index is 1.82. The van der Waals surface area contributed by atoms with Crippen molar-refractivity contribution in [3.63, 3.8) is 0 Å². The van der Waals surface area contributed by atoms with Gasteiger partial charge in [-0.25, -0.2) is 0 Å². The van der Waals surface area contributed by atoms with Crippen LogP contribution in [0.5, 0.6) is 0 Å². The highest BCUT2D eigenvalue weighted by Crippen LogP contribution is 2.25. The first-order valence-electron chi connectivity index (χ1n) is 6.15. The van der Waals surface area contributed by atoms with Gasteiger partial charge in [0, 0.05) is 11.6 Å². The molecule has 1 amide bonds. The van der Waals surface area contributed by atoms with Crippen molar-refractivity contribution in [3.8, 4) is 0 Å². The number of hydrogen-bond donors (Lipinski definition) is 2. The van der Waals surface area contributed by atoms with Crippen molar-refractivity contribution in [3.05, 3.63) is 64.1 Å². The number of hydrogen-bond acceptors (Lipinski definition) is 2. The van der Waals surface area contributed by atoms with Gasteiger partial charge in [0.2, 0.25) is 5.91 Å². The maximum absolute atomic E-state index is 11.8. The lowest BCUT2D eigenvalue weighted by molar-refractivity contribution is -0.115. The van der Waals surface area contributed by atoms with E-state index in [0.717, 1.165) is 5.56 Å². The summed E-state index contributed by atoms with van der Waals surface area (Å²) < 4.78 is 0. The van der Waals surface area contributed by atoms with Crippen LogP contribution in [0.4, 0.5) is 5.69 Å². The molecule has 0 atom stereocenters. The van der Waals surface area contributed by atoms with E-state index in [9.17, 15) is 4.79 Å². The van der Waals surface area contributed by atoms with Gasteiger partial charge in [0.15, 0.2) is 0 Å². The van der Waals surface area contributed by atoms with Crippen LogP contribution < -0.4 is 10.6 Å². The second-order valence-electron chi connectivity index (χ2n) is 4.26. The number of halogens is 2. The van der Waals surface area contributed by atoms with Crippen molar-refractivity contribution in [1.82, 2.24) is 5.32 Å². The minimum absolute atomic E-state index is 0.162. The Labute approximate surface area is 127 Å². The zero-order valence-electron chi connectivity index (χ0n) is 10.7. The Morgan fingerprint density at radius 2 is 1.80 bits per heavy atom. The van der Waals surface area contributed by atoms with Crippen LogP contribution in [0, 0.1) is 0 Å². The summed E-state index contributed by atoms with van der Waals surface area (Å²) in [5.41, 5.74) is 1.65. The number of benzene rings is 2. The van der Waals surface area contributed by atoms with Crippen LogP contribution in [0.1, 0.15) is 5.56 Å². The van der Waals surface area contributed by atoms with Crippen molar-refractivity contribution in [1.29, 1.82) is 0 Å². The van der Waals surface area contributed by atoms with Gasteiger partial charge in [0.1, 0.15) is 0 Å². The highest BCUT2D eigenvalue weighted by Gasteiger charge is 2.06. The van der Waals surface area contributed by atoms with E-state index >= 15 is 0 Å². The molecule has 0 aliphatic carbocycles. The smallest absolute Gasteiger partial charge is 0.238 e. The van der Waals surface area contributed by atoms with Crippen LogP contribution in [0.15, 0.2) is 48.5 Å². The van der Waals surface area contributed by atoms with Crippen LogP contribution in [0.25, 0.3) is 0 Å². The van der Waals surface area contributed by atoms with Crippen LogP contribution in [0.3, 0.4) is 0 Å². The summed E-state index contributed by atoms with van der Waals surface area (Å²) in [5.74, 6) is -0.162. The molecule has 0 aromatic heterocycles. The zero-order valence-corrected chi connectivity index (χ0v) is 12.2. The average Bonchev–Trinajstić information content (AvgIpc) is 2.44. The number of anilines is 1. The first-order chi connectivity index (χ1) is 9.65. The molecule has 104 valence electrons. The first kappa shape index (κ1) is 14.9. The lowest BCUT2D eigenvalue weighted by Crippen LogP contribution is -2.27. The Morgan fingerprint density at radius 1 is 1.05 bits per heavy atom. The highest BCUT2D eigenvalue weighted by atomic mass is 35.5. The number of carbonyl (C=O) groups excluding carboxylic acids is 1. The van der Waals surface area contributed by atoms with Gasteiger partial charge in [-0.3, -0.25) is 4.79 Å². The molecule has 5 heteroatoms. The SMILES string of the molecule is O=C(CNCc1ccccc1)Nc1cc(Cl)ccc1Cl. The van der Waals surface area contributed by atoms with E-state index in [-0.39, 0.29) is 12.5 Å². The molecule has 0 heterocycles. The molecule has 0 radical (unpaired) electrons. The molecular formula is C15H14Cl2N2O. The van der Waals surface area contributed by atoms with Crippen LogP contribution >= 0.6 is 23.2 Å². The number of rotatable bonds is 5. The quantitative estimate of drug-likeness (QED) is 0.884. The van der Waals surface area contributed by atoms with Gasteiger partial charge in [0.05, 0.1) is 17.3 Å². The second-order valence-corrected chi connectivity index (χ2v) is 5.11. The second kappa shape index (κ2) is 7.29. The van der Waals surface area contributed by atoms with Crippen LogP contribution in [-0.4, -0.2) is 12.5 Å². The third kappa shape index (κ3) is 4.53. The molecule has 2 N–H and O–H groups in total. The Bertz CT molecular complexity index is 588. The summed E-state index contributed by atoms with van der Waals surface area (Å²) in [6.45, 7) is 0.843.